The predicted octanol–water partition coefficient (Wildman–Crippen LogP) is 3.63. The van der Waals surface area contributed by atoms with Crippen molar-refractivity contribution in [3.05, 3.63) is 53.3 Å². The highest BCUT2D eigenvalue weighted by atomic mass is 16.6. The first-order valence-electron chi connectivity index (χ1n) is 11.5. The van der Waals surface area contributed by atoms with Crippen LogP contribution in [0.2, 0.25) is 0 Å². The highest BCUT2D eigenvalue weighted by molar-refractivity contribution is 5.44. The van der Waals surface area contributed by atoms with Crippen LogP contribution in [0.3, 0.4) is 0 Å². The molecule has 7 nitrogen and oxygen atoms in total. The minimum atomic E-state index is -0.773. The van der Waals surface area contributed by atoms with Crippen LogP contribution >= 0.6 is 0 Å². The molecule has 2 aliphatic rings. The van der Waals surface area contributed by atoms with Crippen molar-refractivity contribution in [2.24, 2.45) is 0 Å². The summed E-state index contributed by atoms with van der Waals surface area (Å²) >= 11 is 0. The first kappa shape index (κ1) is 22.7. The first-order valence-corrected chi connectivity index (χ1v) is 11.5. The average Bonchev–Trinajstić information content (AvgIpc) is 3.32. The minimum Gasteiger partial charge on any atom is -0.633 e. The number of aliphatic hydroxyl groups is 1. The summed E-state index contributed by atoms with van der Waals surface area (Å²) in [5.41, 5.74) is 1.14. The number of methoxy groups -OCH3 is 1. The van der Waals surface area contributed by atoms with Crippen molar-refractivity contribution in [3.63, 3.8) is 0 Å². The van der Waals surface area contributed by atoms with E-state index in [0.717, 1.165) is 54.6 Å². The molecule has 7 heteroatoms. The highest BCUT2D eigenvalue weighted by Crippen LogP contribution is 2.32. The maximum Gasteiger partial charge on any atom is 0.161 e. The van der Waals surface area contributed by atoms with E-state index in [9.17, 15) is 5.11 Å². The van der Waals surface area contributed by atoms with Crippen molar-refractivity contribution in [3.8, 4) is 23.0 Å². The Bertz CT molecular complexity index is 856. The zero-order valence-corrected chi connectivity index (χ0v) is 18.7. The van der Waals surface area contributed by atoms with Crippen molar-refractivity contribution in [2.75, 3.05) is 46.6 Å². The summed E-state index contributed by atoms with van der Waals surface area (Å²) in [4.78, 5) is 2.44. The summed E-state index contributed by atoms with van der Waals surface area (Å²) in [6.07, 6.45) is 2.88. The molecule has 2 aromatic rings. The molecule has 1 fully saturated rings. The molecule has 1 saturated heterocycles. The number of likely N-dealkylation sites (tertiary alicyclic amines) is 1. The molecule has 0 aromatic heterocycles. The van der Waals surface area contributed by atoms with E-state index in [0.29, 0.717) is 26.2 Å². The predicted molar refractivity (Wildman–Crippen MR) is 123 cm³/mol. The van der Waals surface area contributed by atoms with E-state index in [1.54, 1.807) is 7.11 Å². The summed E-state index contributed by atoms with van der Waals surface area (Å²) < 4.78 is 22.4. The third-order valence-corrected chi connectivity index (χ3v) is 5.81. The molecule has 1 N–H and O–H groups in total. The highest BCUT2D eigenvalue weighted by Gasteiger charge is 2.16. The van der Waals surface area contributed by atoms with Crippen LogP contribution in [0.4, 0.5) is 0 Å². The smallest absolute Gasteiger partial charge is 0.161 e. The van der Waals surface area contributed by atoms with Gasteiger partial charge in [-0.15, -0.1) is 6.04 Å². The van der Waals surface area contributed by atoms with Crippen LogP contribution in [0.15, 0.2) is 42.5 Å². The van der Waals surface area contributed by atoms with Crippen LogP contribution in [-0.2, 0) is 6.42 Å². The van der Waals surface area contributed by atoms with Gasteiger partial charge in [0.05, 0.1) is 13.7 Å². The van der Waals surface area contributed by atoms with Crippen molar-refractivity contribution in [2.45, 2.75) is 38.0 Å². The molecule has 0 spiro atoms. The molecule has 2 atom stereocenters. The van der Waals surface area contributed by atoms with Gasteiger partial charge in [0.2, 0.25) is 0 Å². The molecule has 174 valence electrons. The molecule has 2 aliphatic heterocycles. The van der Waals surface area contributed by atoms with Crippen molar-refractivity contribution in [1.29, 1.82) is 0 Å². The van der Waals surface area contributed by atoms with Gasteiger partial charge in [0.25, 0.3) is 0 Å². The maximum atomic E-state index is 10.6. The standard InChI is InChI=1S/C25H33N2O5/c1-29-21-5-4-6-22(17-21)30-12-9-25(28)26-20(18-27-10-2-3-11-27)15-19-7-8-23-24(16-19)32-14-13-31-23/h4-8,16-17,20,25,28H,2-3,9-15,18H2,1H3/q-1. The number of fused-ring (bicyclic) bond motifs is 1. The van der Waals surface area contributed by atoms with Gasteiger partial charge in [-0.05, 0) is 81.4 Å². The first-order chi connectivity index (χ1) is 15.7. The molecule has 32 heavy (non-hydrogen) atoms. The van der Waals surface area contributed by atoms with Gasteiger partial charge in [-0.3, -0.25) is 0 Å². The van der Waals surface area contributed by atoms with Crippen molar-refractivity contribution >= 4 is 0 Å². The second-order valence-corrected chi connectivity index (χ2v) is 8.29. The SMILES string of the molecule is COc1cccc(OCCC(O)[N-]C(Cc2ccc3c(c2)OCCO3)CN2CCCC2)c1. The van der Waals surface area contributed by atoms with Gasteiger partial charge in [0.1, 0.15) is 24.7 Å². The Balaban J connectivity index is 1.32. The Morgan fingerprint density at radius 2 is 1.81 bits per heavy atom. The third kappa shape index (κ3) is 6.51. The quantitative estimate of drug-likeness (QED) is 0.574. The lowest BCUT2D eigenvalue weighted by atomic mass is 10.0. The lowest BCUT2D eigenvalue weighted by molar-refractivity contribution is 0.159. The van der Waals surface area contributed by atoms with Crippen LogP contribution < -0.4 is 18.9 Å². The van der Waals surface area contributed by atoms with Crippen LogP contribution in [0.5, 0.6) is 23.0 Å². The van der Waals surface area contributed by atoms with E-state index in [1.807, 2.05) is 36.4 Å². The topological polar surface area (TPSA) is 74.5 Å². The molecule has 0 amide bonds. The third-order valence-electron chi connectivity index (χ3n) is 5.81. The van der Waals surface area contributed by atoms with Crippen molar-refractivity contribution < 1.29 is 24.1 Å². The van der Waals surface area contributed by atoms with E-state index in [1.165, 1.54) is 12.8 Å². The van der Waals surface area contributed by atoms with Crippen LogP contribution in [-0.4, -0.2) is 68.8 Å². The van der Waals surface area contributed by atoms with E-state index < -0.39 is 6.23 Å². The van der Waals surface area contributed by atoms with E-state index in [2.05, 4.69) is 11.0 Å². The van der Waals surface area contributed by atoms with Gasteiger partial charge >= 0.3 is 0 Å². The van der Waals surface area contributed by atoms with Gasteiger partial charge in [-0.1, -0.05) is 12.1 Å². The second-order valence-electron chi connectivity index (χ2n) is 8.29. The van der Waals surface area contributed by atoms with E-state index in [-0.39, 0.29) is 6.04 Å². The number of hydrogen-bond donors (Lipinski definition) is 1. The molecule has 0 aliphatic carbocycles. The lowest BCUT2D eigenvalue weighted by Crippen LogP contribution is -2.33. The molecule has 2 heterocycles. The fourth-order valence-electron chi connectivity index (χ4n) is 4.21. The number of rotatable bonds is 11. The Kier molecular flexibility index (Phi) is 8.09. The Morgan fingerprint density at radius 3 is 2.62 bits per heavy atom. The maximum absolute atomic E-state index is 10.6. The molecule has 0 saturated carbocycles. The Labute approximate surface area is 190 Å². The van der Waals surface area contributed by atoms with Gasteiger partial charge < -0.3 is 34.3 Å². The van der Waals surface area contributed by atoms with Gasteiger partial charge in [0.15, 0.2) is 11.5 Å². The van der Waals surface area contributed by atoms with Crippen molar-refractivity contribution in [1.82, 2.24) is 4.90 Å². The summed E-state index contributed by atoms with van der Waals surface area (Å²) in [6.45, 7) is 4.60. The summed E-state index contributed by atoms with van der Waals surface area (Å²) in [5, 5.41) is 15.4. The minimum absolute atomic E-state index is 0.00229. The Morgan fingerprint density at radius 1 is 1.03 bits per heavy atom. The summed E-state index contributed by atoms with van der Waals surface area (Å²) in [5.74, 6) is 3.06. The zero-order valence-electron chi connectivity index (χ0n) is 18.7. The fraction of sp³-hybridized carbons (Fsp3) is 0.520. The molecule has 0 radical (unpaired) electrons. The molecule has 0 bridgehead atoms. The zero-order chi connectivity index (χ0) is 22.2. The van der Waals surface area contributed by atoms with Gasteiger partial charge in [-0.25, -0.2) is 0 Å². The van der Waals surface area contributed by atoms with Crippen LogP contribution in [0, 0.1) is 0 Å². The average molecular weight is 442 g/mol. The van der Waals surface area contributed by atoms with E-state index in [4.69, 9.17) is 24.3 Å². The molecular formula is C25H33N2O5-. The van der Waals surface area contributed by atoms with Crippen LogP contribution in [0.25, 0.3) is 5.32 Å². The molecular weight excluding hydrogens is 408 g/mol. The molecule has 2 unspecified atom stereocenters. The number of nitrogens with zero attached hydrogens (tertiary/aromatic N) is 2. The number of aliphatic hydroxyl groups excluding tert-OH is 1. The summed E-state index contributed by atoms with van der Waals surface area (Å²) in [6, 6.07) is 13.5. The molecule has 4 rings (SSSR count). The number of benzene rings is 2. The van der Waals surface area contributed by atoms with Gasteiger partial charge in [-0.2, -0.15) is 0 Å². The molecule has 2 aromatic carbocycles. The largest absolute Gasteiger partial charge is 0.633 e. The normalized spacial score (nSPS) is 17.7. The summed E-state index contributed by atoms with van der Waals surface area (Å²) in [7, 11) is 1.63. The number of ether oxygens (including phenoxy) is 4. The Hall–Kier alpha value is -2.48. The number of hydrogen-bond acceptors (Lipinski definition) is 6. The van der Waals surface area contributed by atoms with Gasteiger partial charge in [0, 0.05) is 6.07 Å². The fourth-order valence-corrected chi connectivity index (χ4v) is 4.21. The second kappa shape index (κ2) is 11.4. The van der Waals surface area contributed by atoms with E-state index >= 15 is 0 Å². The van der Waals surface area contributed by atoms with Crippen LogP contribution in [0.1, 0.15) is 24.8 Å². The lowest BCUT2D eigenvalue weighted by Gasteiger charge is -2.39. The monoisotopic (exact) mass is 441 g/mol.